The van der Waals surface area contributed by atoms with Gasteiger partial charge in [-0.3, -0.25) is 0 Å². The van der Waals surface area contributed by atoms with E-state index < -0.39 is 0 Å². The van der Waals surface area contributed by atoms with Crippen molar-refractivity contribution in [3.05, 3.63) is 176 Å². The van der Waals surface area contributed by atoms with E-state index in [1.807, 2.05) is 114 Å². The summed E-state index contributed by atoms with van der Waals surface area (Å²) in [5.41, 5.74) is 5.84. The molecule has 0 unspecified atom stereocenters. The summed E-state index contributed by atoms with van der Waals surface area (Å²) in [7, 11) is 0. The number of benzene rings is 8. The van der Waals surface area contributed by atoms with Crippen LogP contribution in [0.3, 0.4) is 0 Å². The molecule has 0 radical (unpaired) electrons. The predicted octanol–water partition coefficient (Wildman–Crippen LogP) is 13.9. The lowest BCUT2D eigenvalue weighted by atomic mass is 9.99. The highest BCUT2D eigenvalue weighted by atomic mass is 32.1. The molecule has 0 saturated heterocycles. The van der Waals surface area contributed by atoms with Crippen molar-refractivity contribution in [2.75, 3.05) is 4.90 Å². The van der Waals surface area contributed by atoms with Crippen molar-refractivity contribution in [1.82, 2.24) is 0 Å². The van der Waals surface area contributed by atoms with Gasteiger partial charge in [0.15, 0.2) is 0 Å². The van der Waals surface area contributed by atoms with E-state index in [-0.39, 0.29) is 35.4 Å². The maximum absolute atomic E-state index is 9.73. The zero-order chi connectivity index (χ0) is 35.8. The van der Waals surface area contributed by atoms with Crippen molar-refractivity contribution in [2.45, 2.75) is 0 Å². The second-order valence-electron chi connectivity index (χ2n) is 12.1. The van der Waals surface area contributed by atoms with Crippen LogP contribution < -0.4 is 4.90 Å². The first-order valence-electron chi connectivity index (χ1n) is 18.3. The van der Waals surface area contributed by atoms with Gasteiger partial charge >= 0.3 is 0 Å². The predicted molar refractivity (Wildman–Crippen MR) is 210 cm³/mol. The number of anilines is 3. The molecule has 0 saturated carbocycles. The number of para-hydroxylation sites is 1. The Labute approximate surface area is 293 Å². The Morgan fingerprint density at radius 2 is 1.18 bits per heavy atom. The molecular weight excluding hydrogens is 615 g/mol. The number of rotatable bonds is 5. The van der Waals surface area contributed by atoms with Crippen LogP contribution in [0.4, 0.5) is 17.1 Å². The fourth-order valence-electron chi connectivity index (χ4n) is 7.12. The molecule has 3 heteroatoms. The van der Waals surface area contributed by atoms with Gasteiger partial charge in [-0.2, -0.15) is 0 Å². The van der Waals surface area contributed by atoms with Crippen LogP contribution in [0.15, 0.2) is 180 Å². The molecule has 0 atom stereocenters. The van der Waals surface area contributed by atoms with Gasteiger partial charge < -0.3 is 9.32 Å². The lowest BCUT2D eigenvalue weighted by Crippen LogP contribution is -2.11. The Hall–Kier alpha value is -6.16. The van der Waals surface area contributed by atoms with Gasteiger partial charge in [0, 0.05) is 42.2 Å². The standard InChI is InChI=1S/C46H29NOS/c1-2-12-30(13-3-1)34-15-6-8-20-40(34)47(41-21-11-22-42-44(41)39-29-26-31-14-4-5-16-35(31)45(39)48-42)33-27-24-32(25-28-33)36-18-10-19-38-37-17-7-9-23-43(37)49-46(36)38/h1-29H/i24D,25D,27D,28D. The summed E-state index contributed by atoms with van der Waals surface area (Å²) < 4.78 is 47.3. The van der Waals surface area contributed by atoms with Gasteiger partial charge in [0.1, 0.15) is 11.2 Å². The van der Waals surface area contributed by atoms with Crippen molar-refractivity contribution in [3.8, 4) is 22.3 Å². The van der Waals surface area contributed by atoms with Crippen LogP contribution >= 0.6 is 11.3 Å². The van der Waals surface area contributed by atoms with Crippen molar-refractivity contribution < 1.29 is 9.90 Å². The molecule has 230 valence electrons. The summed E-state index contributed by atoms with van der Waals surface area (Å²) in [5, 5.41) is 5.93. The molecule has 2 nitrogen and oxygen atoms in total. The third kappa shape index (κ3) is 4.47. The number of nitrogens with zero attached hydrogens (tertiary/aromatic N) is 1. The highest BCUT2D eigenvalue weighted by molar-refractivity contribution is 7.26. The molecule has 0 aliphatic rings. The van der Waals surface area contributed by atoms with E-state index in [1.165, 1.54) is 0 Å². The van der Waals surface area contributed by atoms with Crippen LogP contribution in [0, 0.1) is 0 Å². The first-order valence-corrected chi connectivity index (χ1v) is 17.1. The quantitative estimate of drug-likeness (QED) is 0.185. The fourth-order valence-corrected chi connectivity index (χ4v) is 8.34. The number of hydrogen-bond acceptors (Lipinski definition) is 3. The minimum atomic E-state index is -0.128. The maximum atomic E-state index is 9.73. The molecule has 0 aliphatic heterocycles. The monoisotopic (exact) mass is 647 g/mol. The molecule has 2 aromatic heterocycles. The minimum absolute atomic E-state index is 0.0941. The molecule has 2 heterocycles. The third-order valence-corrected chi connectivity index (χ3v) is 10.6. The van der Waals surface area contributed by atoms with Gasteiger partial charge in [0.05, 0.1) is 22.2 Å². The summed E-state index contributed by atoms with van der Waals surface area (Å²) in [6.45, 7) is 0. The lowest BCUT2D eigenvalue weighted by Gasteiger charge is -2.28. The zero-order valence-corrected chi connectivity index (χ0v) is 27.0. The summed E-state index contributed by atoms with van der Waals surface area (Å²) in [6.07, 6.45) is 0. The Morgan fingerprint density at radius 3 is 2.08 bits per heavy atom. The topological polar surface area (TPSA) is 16.4 Å². The summed E-state index contributed by atoms with van der Waals surface area (Å²) in [4.78, 5) is 1.90. The van der Waals surface area contributed by atoms with E-state index in [9.17, 15) is 5.48 Å². The van der Waals surface area contributed by atoms with E-state index in [0.29, 0.717) is 16.8 Å². The van der Waals surface area contributed by atoms with E-state index in [0.717, 1.165) is 64.1 Å². The Balaban J connectivity index is 1.29. The highest BCUT2D eigenvalue weighted by Crippen LogP contribution is 2.47. The van der Waals surface area contributed by atoms with Crippen molar-refractivity contribution >= 4 is 81.3 Å². The molecule has 0 fully saturated rings. The Kier molecular flexibility index (Phi) is 5.51. The molecular formula is C46H29NOS. The van der Waals surface area contributed by atoms with Crippen LogP contribution in [0.2, 0.25) is 0 Å². The van der Waals surface area contributed by atoms with E-state index in [1.54, 1.807) is 11.3 Å². The first kappa shape index (κ1) is 24.1. The second-order valence-corrected chi connectivity index (χ2v) is 13.2. The Morgan fingerprint density at radius 1 is 0.490 bits per heavy atom. The molecule has 10 rings (SSSR count). The summed E-state index contributed by atoms with van der Waals surface area (Å²) in [5.74, 6) is 0. The summed E-state index contributed by atoms with van der Waals surface area (Å²) in [6, 6.07) is 49.8. The van der Waals surface area contributed by atoms with Crippen molar-refractivity contribution in [3.63, 3.8) is 0 Å². The van der Waals surface area contributed by atoms with E-state index >= 15 is 0 Å². The SMILES string of the molecule is [2H]c1c([2H])c(N(c2ccccc2-c2ccccc2)c2cccc3oc4c5ccccc5ccc4c23)c([2H])c([2H])c1-c1cccc2c1sc1ccccc12. The van der Waals surface area contributed by atoms with E-state index in [4.69, 9.17) is 4.42 Å². The lowest BCUT2D eigenvalue weighted by molar-refractivity contribution is 0.672. The average Bonchev–Trinajstić information content (AvgIpc) is 3.79. The number of fused-ring (bicyclic) bond motifs is 8. The number of furan rings is 1. The molecule has 0 aliphatic carbocycles. The van der Waals surface area contributed by atoms with Gasteiger partial charge in [-0.1, -0.05) is 133 Å². The van der Waals surface area contributed by atoms with Crippen LogP contribution in [0.25, 0.3) is 75.1 Å². The van der Waals surface area contributed by atoms with Gasteiger partial charge in [-0.15, -0.1) is 11.3 Å². The minimum Gasteiger partial charge on any atom is -0.455 e. The maximum Gasteiger partial charge on any atom is 0.143 e. The fraction of sp³-hybridized carbons (Fsp3) is 0. The third-order valence-electron chi connectivity index (χ3n) is 9.34. The normalized spacial score (nSPS) is 12.8. The number of hydrogen-bond donors (Lipinski definition) is 0. The molecule has 0 spiro atoms. The highest BCUT2D eigenvalue weighted by Gasteiger charge is 2.22. The van der Waals surface area contributed by atoms with Crippen LogP contribution in [0.1, 0.15) is 5.48 Å². The Bertz CT molecular complexity index is 3050. The van der Waals surface area contributed by atoms with Gasteiger partial charge in [-0.05, 0) is 64.5 Å². The zero-order valence-electron chi connectivity index (χ0n) is 30.2. The smallest absolute Gasteiger partial charge is 0.143 e. The van der Waals surface area contributed by atoms with Crippen LogP contribution in [0.5, 0.6) is 0 Å². The van der Waals surface area contributed by atoms with Crippen molar-refractivity contribution in [2.24, 2.45) is 0 Å². The second kappa shape index (κ2) is 11.2. The molecule has 10 aromatic rings. The molecule has 0 amide bonds. The van der Waals surface area contributed by atoms with E-state index in [2.05, 4.69) is 42.5 Å². The van der Waals surface area contributed by atoms with Crippen LogP contribution in [-0.4, -0.2) is 0 Å². The molecule has 0 N–H and O–H groups in total. The van der Waals surface area contributed by atoms with Crippen LogP contribution in [-0.2, 0) is 0 Å². The average molecular weight is 648 g/mol. The summed E-state index contributed by atoms with van der Waals surface area (Å²) >= 11 is 1.61. The molecule has 8 aromatic carbocycles. The van der Waals surface area contributed by atoms with Gasteiger partial charge in [-0.25, -0.2) is 0 Å². The van der Waals surface area contributed by atoms with Crippen molar-refractivity contribution in [1.29, 1.82) is 0 Å². The van der Waals surface area contributed by atoms with Gasteiger partial charge in [0.2, 0.25) is 0 Å². The van der Waals surface area contributed by atoms with Gasteiger partial charge in [0.25, 0.3) is 0 Å². The largest absolute Gasteiger partial charge is 0.455 e. The number of thiophene rings is 1. The molecule has 0 bridgehead atoms. The molecule has 49 heavy (non-hydrogen) atoms. The first-order chi connectivity index (χ1) is 26.0.